The van der Waals surface area contributed by atoms with Crippen LogP contribution in [0.1, 0.15) is 5.56 Å². The fourth-order valence-corrected chi connectivity index (χ4v) is 2.57. The van der Waals surface area contributed by atoms with Gasteiger partial charge in [-0.15, -0.1) is 0 Å². The van der Waals surface area contributed by atoms with Crippen LogP contribution in [0.4, 0.5) is 0 Å². The molecule has 1 atom stereocenters. The first-order valence-electron chi connectivity index (χ1n) is 5.21. The first kappa shape index (κ1) is 12.8. The highest BCUT2D eigenvalue weighted by Gasteiger charge is 2.06. The number of nitrogens with zero attached hydrogens (tertiary/aromatic N) is 1. The first-order valence-corrected chi connectivity index (χ1v) is 7.21. The molecule has 0 aliphatic carbocycles. The van der Waals surface area contributed by atoms with Crippen molar-refractivity contribution < 1.29 is 4.21 Å². The van der Waals surface area contributed by atoms with Gasteiger partial charge in [0.25, 0.3) is 0 Å². The third-order valence-corrected chi connectivity index (χ3v) is 3.87. The molecule has 1 N–H and O–H groups in total. The minimum Gasteiger partial charge on any atom is -0.246 e. The first-order chi connectivity index (χ1) is 8.58. The van der Waals surface area contributed by atoms with E-state index in [-0.39, 0.29) is 5.03 Å². The maximum Gasteiger partial charge on any atom is 0.139 e. The highest BCUT2D eigenvalue weighted by Crippen LogP contribution is 2.15. The molecule has 0 bridgehead atoms. The molecule has 0 amide bonds. The Morgan fingerprint density at radius 2 is 2.06 bits per heavy atom. The molecule has 0 aliphatic heterocycles. The molecule has 0 radical (unpaired) electrons. The third-order valence-electron chi connectivity index (χ3n) is 2.25. The van der Waals surface area contributed by atoms with Gasteiger partial charge in [-0.2, -0.15) is 0 Å². The molecule has 2 rings (SSSR count). The van der Waals surface area contributed by atoms with Gasteiger partial charge in [0.1, 0.15) is 14.8 Å². The molecule has 0 aliphatic rings. The summed E-state index contributed by atoms with van der Waals surface area (Å²) in [6, 6.07) is 12.1. The summed E-state index contributed by atoms with van der Waals surface area (Å²) >= 11 is 5.85. The van der Waals surface area contributed by atoms with Gasteiger partial charge in [-0.3, -0.25) is 0 Å². The lowest BCUT2D eigenvalue weighted by molar-refractivity contribution is 0.678. The quantitative estimate of drug-likeness (QED) is 0.928. The van der Waals surface area contributed by atoms with E-state index in [2.05, 4.69) is 4.98 Å². The summed E-state index contributed by atoms with van der Waals surface area (Å²) in [5, 5.41) is 2.20. The Morgan fingerprint density at radius 1 is 1.22 bits per heavy atom. The third kappa shape index (κ3) is 3.18. The van der Waals surface area contributed by atoms with Crippen molar-refractivity contribution in [2.75, 3.05) is 0 Å². The van der Waals surface area contributed by atoms with Crippen molar-refractivity contribution in [2.24, 2.45) is 0 Å². The SMILES string of the molecule is N=S(=O)(/C=C/c1cccc(Cl)c1)c1ccccn1. The van der Waals surface area contributed by atoms with Crippen LogP contribution in [0.25, 0.3) is 6.08 Å². The zero-order chi connectivity index (χ0) is 13.0. The van der Waals surface area contributed by atoms with Gasteiger partial charge in [-0.1, -0.05) is 29.8 Å². The summed E-state index contributed by atoms with van der Waals surface area (Å²) in [6.45, 7) is 0. The van der Waals surface area contributed by atoms with Crippen LogP contribution < -0.4 is 0 Å². The number of hydrogen-bond acceptors (Lipinski definition) is 3. The molecule has 1 unspecified atom stereocenters. The molecular weight excluding hydrogens is 268 g/mol. The average molecular weight is 279 g/mol. The second-order valence-corrected chi connectivity index (χ2v) is 5.95. The summed E-state index contributed by atoms with van der Waals surface area (Å²) in [5.74, 6) is 0. The zero-order valence-electron chi connectivity index (χ0n) is 9.42. The molecule has 1 heterocycles. The zero-order valence-corrected chi connectivity index (χ0v) is 11.0. The maximum absolute atomic E-state index is 12.1. The van der Waals surface area contributed by atoms with E-state index in [1.165, 1.54) is 11.6 Å². The molecule has 0 saturated heterocycles. The van der Waals surface area contributed by atoms with E-state index in [0.717, 1.165) is 5.56 Å². The van der Waals surface area contributed by atoms with E-state index >= 15 is 0 Å². The number of benzene rings is 1. The van der Waals surface area contributed by atoms with Crippen LogP contribution >= 0.6 is 11.6 Å². The van der Waals surface area contributed by atoms with Crippen molar-refractivity contribution in [3.05, 3.63) is 64.7 Å². The van der Waals surface area contributed by atoms with Crippen molar-refractivity contribution in [3.8, 4) is 0 Å². The van der Waals surface area contributed by atoms with Crippen LogP contribution in [0.2, 0.25) is 5.02 Å². The van der Waals surface area contributed by atoms with Gasteiger partial charge < -0.3 is 0 Å². The normalized spacial score (nSPS) is 14.5. The van der Waals surface area contributed by atoms with E-state index in [1.54, 1.807) is 42.5 Å². The molecule has 5 heteroatoms. The lowest BCUT2D eigenvalue weighted by atomic mass is 10.2. The topological polar surface area (TPSA) is 53.8 Å². The predicted octanol–water partition coefficient (Wildman–Crippen LogP) is 3.81. The van der Waals surface area contributed by atoms with E-state index in [0.29, 0.717) is 5.02 Å². The van der Waals surface area contributed by atoms with Crippen molar-refractivity contribution in [2.45, 2.75) is 5.03 Å². The van der Waals surface area contributed by atoms with Gasteiger partial charge in [-0.25, -0.2) is 14.0 Å². The van der Waals surface area contributed by atoms with Crippen LogP contribution in [0.5, 0.6) is 0 Å². The highest BCUT2D eigenvalue weighted by atomic mass is 35.5. The van der Waals surface area contributed by atoms with Crippen molar-refractivity contribution >= 4 is 27.4 Å². The largest absolute Gasteiger partial charge is 0.246 e. The number of halogens is 1. The Labute approximate surface area is 111 Å². The summed E-state index contributed by atoms with van der Waals surface area (Å²) in [5.41, 5.74) is 0.804. The van der Waals surface area contributed by atoms with Gasteiger partial charge in [0, 0.05) is 16.6 Å². The van der Waals surface area contributed by atoms with Crippen LogP contribution in [-0.4, -0.2) is 9.19 Å². The van der Waals surface area contributed by atoms with Crippen LogP contribution in [0.15, 0.2) is 59.1 Å². The van der Waals surface area contributed by atoms with E-state index in [1.807, 2.05) is 6.07 Å². The van der Waals surface area contributed by atoms with Crippen molar-refractivity contribution in [1.29, 1.82) is 4.78 Å². The Hall–Kier alpha value is -1.65. The number of pyridine rings is 1. The lowest BCUT2D eigenvalue weighted by Crippen LogP contribution is -1.96. The molecule has 2 aromatic rings. The van der Waals surface area contributed by atoms with Gasteiger partial charge in [0.05, 0.1) is 0 Å². The fourth-order valence-electron chi connectivity index (χ4n) is 1.38. The molecule has 0 saturated carbocycles. The molecule has 0 fully saturated rings. The highest BCUT2D eigenvalue weighted by molar-refractivity contribution is 7.95. The standard InChI is InChI=1S/C13H11ClN2OS/c14-12-5-3-4-11(10-12)7-9-18(15,17)13-6-1-2-8-16-13/h1-10,15H/b9-7+. The Morgan fingerprint density at radius 3 is 2.72 bits per heavy atom. The molecule has 1 aromatic heterocycles. The molecule has 0 spiro atoms. The molecule has 1 aromatic carbocycles. The molecule has 3 nitrogen and oxygen atoms in total. The number of aromatic nitrogens is 1. The Bertz CT molecular complexity index is 666. The lowest BCUT2D eigenvalue weighted by Gasteiger charge is -2.00. The second-order valence-electron chi connectivity index (χ2n) is 3.63. The van der Waals surface area contributed by atoms with Crippen LogP contribution in [-0.2, 0) is 9.73 Å². The van der Waals surface area contributed by atoms with Crippen molar-refractivity contribution in [1.82, 2.24) is 4.98 Å². The predicted molar refractivity (Wildman–Crippen MR) is 73.9 cm³/mol. The smallest absolute Gasteiger partial charge is 0.139 e. The second kappa shape index (κ2) is 5.33. The summed E-state index contributed by atoms with van der Waals surface area (Å²) < 4.78 is 19.9. The number of rotatable bonds is 3. The Balaban J connectivity index is 2.29. The monoisotopic (exact) mass is 278 g/mol. The minimum absolute atomic E-state index is 0.253. The molecular formula is C13H11ClN2OS. The van der Waals surface area contributed by atoms with Gasteiger partial charge in [-0.05, 0) is 35.9 Å². The van der Waals surface area contributed by atoms with Crippen LogP contribution in [0.3, 0.4) is 0 Å². The fraction of sp³-hybridized carbons (Fsp3) is 0. The number of nitrogens with one attached hydrogen (secondary N) is 1. The van der Waals surface area contributed by atoms with E-state index in [9.17, 15) is 4.21 Å². The summed E-state index contributed by atoms with van der Waals surface area (Å²) in [4.78, 5) is 3.94. The van der Waals surface area contributed by atoms with Gasteiger partial charge in [0.2, 0.25) is 0 Å². The summed E-state index contributed by atoms with van der Waals surface area (Å²) in [7, 11) is -3.01. The van der Waals surface area contributed by atoms with E-state index in [4.69, 9.17) is 16.4 Å². The van der Waals surface area contributed by atoms with Gasteiger partial charge >= 0.3 is 0 Å². The van der Waals surface area contributed by atoms with Gasteiger partial charge in [0.15, 0.2) is 0 Å². The Kier molecular flexibility index (Phi) is 3.79. The molecule has 18 heavy (non-hydrogen) atoms. The van der Waals surface area contributed by atoms with E-state index < -0.39 is 9.73 Å². The summed E-state index contributed by atoms with van der Waals surface area (Å²) in [6.07, 6.45) is 3.15. The average Bonchev–Trinajstić information content (AvgIpc) is 2.38. The van der Waals surface area contributed by atoms with Crippen LogP contribution in [0, 0.1) is 4.78 Å². The van der Waals surface area contributed by atoms with Crippen molar-refractivity contribution in [3.63, 3.8) is 0 Å². The molecule has 92 valence electrons. The minimum atomic E-state index is -3.01. The maximum atomic E-state index is 12.1. The number of hydrogen-bond donors (Lipinski definition) is 1.